The van der Waals surface area contributed by atoms with Crippen LogP contribution in [0.25, 0.3) is 0 Å². The lowest BCUT2D eigenvalue weighted by Crippen LogP contribution is -2.50. The quantitative estimate of drug-likeness (QED) is 0.476. The Morgan fingerprint density at radius 1 is 1.30 bits per heavy atom. The molecule has 8 nitrogen and oxygen atoms in total. The standard InChI is InChI=1S/C14H12N4O4S/c1-9-6-12(19)17-14(15-9)23-8-13(20)16(17)7-10-2-4-11(5-3-10)18(21)22/h2-6H,7-8H2,1H3. The number of hydrogen-bond acceptors (Lipinski definition) is 6. The molecule has 0 atom stereocenters. The molecule has 0 spiro atoms. The van der Waals surface area contributed by atoms with Gasteiger partial charge in [-0.2, -0.15) is 4.68 Å². The summed E-state index contributed by atoms with van der Waals surface area (Å²) in [6.45, 7) is 1.87. The molecule has 1 aliphatic heterocycles. The van der Waals surface area contributed by atoms with Crippen LogP contribution >= 0.6 is 11.8 Å². The normalized spacial score (nSPS) is 13.8. The number of aromatic nitrogens is 2. The first kappa shape index (κ1) is 15.2. The number of carbonyl (C=O) groups excluding carboxylic acids is 1. The Morgan fingerprint density at radius 2 is 2.00 bits per heavy atom. The number of rotatable bonds is 3. The predicted octanol–water partition coefficient (Wildman–Crippen LogP) is 1.23. The summed E-state index contributed by atoms with van der Waals surface area (Å²) in [4.78, 5) is 38.9. The van der Waals surface area contributed by atoms with Gasteiger partial charge < -0.3 is 0 Å². The van der Waals surface area contributed by atoms with Crippen molar-refractivity contribution in [3.05, 3.63) is 62.1 Å². The summed E-state index contributed by atoms with van der Waals surface area (Å²) in [6.07, 6.45) is 0. The van der Waals surface area contributed by atoms with E-state index >= 15 is 0 Å². The van der Waals surface area contributed by atoms with Gasteiger partial charge in [0.25, 0.3) is 17.2 Å². The summed E-state index contributed by atoms with van der Waals surface area (Å²) < 4.78 is 1.25. The Morgan fingerprint density at radius 3 is 2.65 bits per heavy atom. The van der Waals surface area contributed by atoms with Crippen molar-refractivity contribution in [2.24, 2.45) is 0 Å². The summed E-state index contributed by atoms with van der Waals surface area (Å²) in [7, 11) is 0. The van der Waals surface area contributed by atoms with Crippen molar-refractivity contribution >= 4 is 23.4 Å². The highest BCUT2D eigenvalue weighted by atomic mass is 32.2. The average molecular weight is 332 g/mol. The number of hydrogen-bond donors (Lipinski definition) is 0. The first-order chi connectivity index (χ1) is 11.0. The van der Waals surface area contributed by atoms with Gasteiger partial charge in [-0.25, -0.2) is 9.99 Å². The van der Waals surface area contributed by atoms with Crippen LogP contribution in [0.5, 0.6) is 0 Å². The lowest BCUT2D eigenvalue weighted by molar-refractivity contribution is -0.384. The fourth-order valence-corrected chi connectivity index (χ4v) is 3.17. The van der Waals surface area contributed by atoms with Gasteiger partial charge >= 0.3 is 0 Å². The number of non-ortho nitro benzene ring substituents is 1. The zero-order valence-corrected chi connectivity index (χ0v) is 12.9. The van der Waals surface area contributed by atoms with E-state index in [2.05, 4.69) is 4.98 Å². The van der Waals surface area contributed by atoms with E-state index in [9.17, 15) is 19.7 Å². The molecular formula is C14H12N4O4S. The van der Waals surface area contributed by atoms with E-state index in [0.29, 0.717) is 16.4 Å². The monoisotopic (exact) mass is 332 g/mol. The number of nitro groups is 1. The van der Waals surface area contributed by atoms with E-state index in [1.54, 1.807) is 19.1 Å². The minimum Gasteiger partial charge on any atom is -0.272 e. The van der Waals surface area contributed by atoms with Gasteiger partial charge in [-0.05, 0) is 12.5 Å². The third-order valence-electron chi connectivity index (χ3n) is 3.33. The third-order valence-corrected chi connectivity index (χ3v) is 4.24. The Labute approximate surface area is 134 Å². The molecule has 2 aromatic rings. The van der Waals surface area contributed by atoms with Crippen LogP contribution in [-0.4, -0.2) is 26.2 Å². The molecule has 1 aliphatic rings. The molecule has 0 aliphatic carbocycles. The van der Waals surface area contributed by atoms with E-state index in [1.807, 2.05) is 0 Å². The van der Waals surface area contributed by atoms with E-state index in [4.69, 9.17) is 0 Å². The molecule has 0 bridgehead atoms. The van der Waals surface area contributed by atoms with Crippen molar-refractivity contribution in [3.63, 3.8) is 0 Å². The third kappa shape index (κ3) is 2.95. The summed E-state index contributed by atoms with van der Waals surface area (Å²) in [6, 6.07) is 7.25. The van der Waals surface area contributed by atoms with E-state index in [-0.39, 0.29) is 29.5 Å². The maximum absolute atomic E-state index is 12.2. The average Bonchev–Trinajstić information content (AvgIpc) is 2.50. The molecule has 3 rings (SSSR count). The second-order valence-corrected chi connectivity index (χ2v) is 5.94. The number of amides is 1. The van der Waals surface area contributed by atoms with Crippen molar-refractivity contribution in [2.45, 2.75) is 18.6 Å². The molecule has 0 radical (unpaired) electrons. The topological polar surface area (TPSA) is 98.3 Å². The Bertz CT molecular complexity index is 847. The van der Waals surface area contributed by atoms with Crippen LogP contribution in [-0.2, 0) is 11.3 Å². The van der Waals surface area contributed by atoms with E-state index in [1.165, 1.54) is 39.6 Å². The van der Waals surface area contributed by atoms with Crippen molar-refractivity contribution in [1.82, 2.24) is 9.66 Å². The highest BCUT2D eigenvalue weighted by molar-refractivity contribution is 7.99. The second-order valence-electron chi connectivity index (χ2n) is 4.99. The van der Waals surface area contributed by atoms with Gasteiger partial charge in [-0.3, -0.25) is 19.7 Å². The summed E-state index contributed by atoms with van der Waals surface area (Å²) in [5.74, 6) is -0.0170. The summed E-state index contributed by atoms with van der Waals surface area (Å²) >= 11 is 1.22. The lowest BCUT2D eigenvalue weighted by atomic mass is 10.2. The summed E-state index contributed by atoms with van der Waals surface area (Å²) in [5.41, 5.74) is 0.937. The van der Waals surface area contributed by atoms with Gasteiger partial charge in [-0.1, -0.05) is 23.9 Å². The van der Waals surface area contributed by atoms with Gasteiger partial charge in [0.15, 0.2) is 5.16 Å². The smallest absolute Gasteiger partial charge is 0.272 e. The molecule has 0 saturated heterocycles. The van der Waals surface area contributed by atoms with E-state index < -0.39 is 4.92 Å². The van der Waals surface area contributed by atoms with E-state index in [0.717, 1.165) is 0 Å². The maximum Gasteiger partial charge on any atom is 0.273 e. The molecule has 0 unspecified atom stereocenters. The van der Waals surface area contributed by atoms with Crippen LogP contribution in [0.2, 0.25) is 0 Å². The SMILES string of the molecule is Cc1cc(=O)n2c(n1)SCC(=O)N2Cc1ccc([N+](=O)[O-])cc1. The first-order valence-electron chi connectivity index (χ1n) is 6.73. The first-order valence-corrected chi connectivity index (χ1v) is 7.72. The fraction of sp³-hybridized carbons (Fsp3) is 0.214. The zero-order valence-electron chi connectivity index (χ0n) is 12.1. The van der Waals surface area contributed by atoms with Crippen LogP contribution in [0.3, 0.4) is 0 Å². The van der Waals surface area contributed by atoms with Crippen LogP contribution in [0.1, 0.15) is 11.3 Å². The minimum atomic E-state index is -0.487. The lowest BCUT2D eigenvalue weighted by Gasteiger charge is -2.29. The van der Waals surface area contributed by atoms with Crippen LogP contribution in [0.15, 0.2) is 40.3 Å². The highest BCUT2D eigenvalue weighted by Gasteiger charge is 2.27. The van der Waals surface area contributed by atoms with Gasteiger partial charge in [-0.15, -0.1) is 0 Å². The highest BCUT2D eigenvalue weighted by Crippen LogP contribution is 2.22. The predicted molar refractivity (Wildman–Crippen MR) is 84.0 cm³/mol. The van der Waals surface area contributed by atoms with Crippen molar-refractivity contribution in [2.75, 3.05) is 10.8 Å². The van der Waals surface area contributed by atoms with Gasteiger partial charge in [0.05, 0.1) is 17.2 Å². The van der Waals surface area contributed by atoms with Gasteiger partial charge in [0.1, 0.15) is 0 Å². The number of nitrogens with zero attached hydrogens (tertiary/aromatic N) is 4. The Hall–Kier alpha value is -2.68. The molecular weight excluding hydrogens is 320 g/mol. The molecule has 0 fully saturated rings. The molecule has 23 heavy (non-hydrogen) atoms. The van der Waals surface area contributed by atoms with Crippen molar-refractivity contribution < 1.29 is 9.72 Å². The van der Waals surface area contributed by atoms with Gasteiger partial charge in [0, 0.05) is 23.9 Å². The largest absolute Gasteiger partial charge is 0.273 e. The number of aryl methyl sites for hydroxylation is 1. The number of fused-ring (bicyclic) bond motifs is 1. The van der Waals surface area contributed by atoms with Crippen LogP contribution < -0.4 is 10.6 Å². The number of nitro benzene ring substituents is 1. The molecule has 0 N–H and O–H groups in total. The van der Waals surface area contributed by atoms with Crippen LogP contribution in [0, 0.1) is 17.0 Å². The Balaban J connectivity index is 1.96. The summed E-state index contributed by atoms with van der Waals surface area (Å²) in [5, 5.41) is 12.5. The molecule has 1 aromatic heterocycles. The molecule has 1 aromatic carbocycles. The fourth-order valence-electron chi connectivity index (χ4n) is 2.25. The Kier molecular flexibility index (Phi) is 3.87. The molecule has 0 saturated carbocycles. The molecule has 118 valence electrons. The van der Waals surface area contributed by atoms with Crippen molar-refractivity contribution in [3.8, 4) is 0 Å². The number of benzene rings is 1. The molecule has 2 heterocycles. The van der Waals surface area contributed by atoms with Gasteiger partial charge in [0.2, 0.25) is 0 Å². The minimum absolute atomic E-state index is 0.0239. The number of carbonyl (C=O) groups is 1. The number of thioether (sulfide) groups is 1. The second kappa shape index (κ2) is 5.84. The zero-order chi connectivity index (χ0) is 16.6. The van der Waals surface area contributed by atoms with Crippen LogP contribution in [0.4, 0.5) is 5.69 Å². The molecule has 1 amide bonds. The maximum atomic E-state index is 12.2. The van der Waals surface area contributed by atoms with Crippen molar-refractivity contribution in [1.29, 1.82) is 0 Å². The molecule has 9 heteroatoms.